The van der Waals surface area contributed by atoms with Crippen LogP contribution in [0.1, 0.15) is 12.0 Å². The van der Waals surface area contributed by atoms with E-state index in [1.807, 2.05) is 19.1 Å². The minimum Gasteiger partial charge on any atom is -0.495 e. The Morgan fingerprint density at radius 2 is 2.00 bits per heavy atom. The molecule has 9 heteroatoms. The predicted molar refractivity (Wildman–Crippen MR) is 94.7 cm³/mol. The lowest BCUT2D eigenvalue weighted by molar-refractivity contribution is -0.383. The van der Waals surface area contributed by atoms with Gasteiger partial charge in [-0.2, -0.15) is 0 Å². The van der Waals surface area contributed by atoms with Crippen molar-refractivity contribution < 1.29 is 14.4 Å². The van der Waals surface area contributed by atoms with Crippen LogP contribution >= 0.6 is 0 Å². The van der Waals surface area contributed by atoms with E-state index >= 15 is 0 Å². The molecular formula is C16H21N5O4. The van der Waals surface area contributed by atoms with Gasteiger partial charge in [0.2, 0.25) is 11.6 Å². The second-order valence-corrected chi connectivity index (χ2v) is 5.28. The van der Waals surface area contributed by atoms with Crippen molar-refractivity contribution in [1.82, 2.24) is 9.97 Å². The summed E-state index contributed by atoms with van der Waals surface area (Å²) < 4.78 is 10.3. The highest BCUT2D eigenvalue weighted by Gasteiger charge is 2.23. The number of nitro groups is 1. The maximum absolute atomic E-state index is 11.5. The van der Waals surface area contributed by atoms with Gasteiger partial charge in [0.1, 0.15) is 12.1 Å². The fourth-order valence-electron chi connectivity index (χ4n) is 2.24. The van der Waals surface area contributed by atoms with Crippen LogP contribution in [0.5, 0.6) is 5.75 Å². The van der Waals surface area contributed by atoms with Crippen molar-refractivity contribution in [1.29, 1.82) is 0 Å². The maximum Gasteiger partial charge on any atom is 0.353 e. The molecule has 1 aromatic carbocycles. The summed E-state index contributed by atoms with van der Waals surface area (Å²) in [4.78, 5) is 19.0. The fraction of sp³-hybridized carbons (Fsp3) is 0.375. The highest BCUT2D eigenvalue weighted by Crippen LogP contribution is 2.34. The normalized spacial score (nSPS) is 10.4. The molecule has 2 N–H and O–H groups in total. The standard InChI is InChI=1S/C16H21N5O4/c1-11-5-6-13(25-3)12(9-11)20-16-14(21(22)23)15(18-10-19-16)17-7-4-8-24-2/h5-6,9-10H,4,7-8H2,1-3H3,(H2,17,18,19,20). The third-order valence-corrected chi connectivity index (χ3v) is 3.43. The first-order valence-electron chi connectivity index (χ1n) is 7.70. The molecule has 0 unspecified atom stereocenters. The van der Waals surface area contributed by atoms with Crippen molar-refractivity contribution in [2.45, 2.75) is 13.3 Å². The Hall–Kier alpha value is -2.94. The van der Waals surface area contributed by atoms with Crippen molar-refractivity contribution in [2.24, 2.45) is 0 Å². The molecule has 0 spiro atoms. The number of benzene rings is 1. The van der Waals surface area contributed by atoms with E-state index in [4.69, 9.17) is 9.47 Å². The first kappa shape index (κ1) is 18.4. The van der Waals surface area contributed by atoms with Crippen LogP contribution < -0.4 is 15.4 Å². The van der Waals surface area contributed by atoms with E-state index in [1.165, 1.54) is 13.4 Å². The van der Waals surface area contributed by atoms with Crippen molar-refractivity contribution in [3.8, 4) is 5.75 Å². The van der Waals surface area contributed by atoms with Crippen LogP contribution in [0.2, 0.25) is 0 Å². The van der Waals surface area contributed by atoms with Gasteiger partial charge in [0.25, 0.3) is 0 Å². The van der Waals surface area contributed by atoms with Crippen LogP contribution in [0.3, 0.4) is 0 Å². The summed E-state index contributed by atoms with van der Waals surface area (Å²) in [7, 11) is 3.14. The fourth-order valence-corrected chi connectivity index (χ4v) is 2.24. The molecule has 0 bridgehead atoms. The van der Waals surface area contributed by atoms with Gasteiger partial charge in [0, 0.05) is 20.3 Å². The smallest absolute Gasteiger partial charge is 0.353 e. The molecule has 0 saturated carbocycles. The van der Waals surface area contributed by atoms with Crippen LogP contribution in [-0.2, 0) is 4.74 Å². The molecule has 134 valence electrons. The molecule has 1 aromatic heterocycles. The van der Waals surface area contributed by atoms with E-state index in [1.54, 1.807) is 13.2 Å². The first-order valence-corrected chi connectivity index (χ1v) is 7.70. The Morgan fingerprint density at radius 3 is 2.68 bits per heavy atom. The van der Waals surface area contributed by atoms with Crippen molar-refractivity contribution in [3.05, 3.63) is 40.2 Å². The van der Waals surface area contributed by atoms with Gasteiger partial charge in [-0.25, -0.2) is 9.97 Å². The number of aryl methyl sites for hydroxylation is 1. The van der Waals surface area contributed by atoms with Gasteiger partial charge >= 0.3 is 5.69 Å². The molecule has 0 atom stereocenters. The summed E-state index contributed by atoms with van der Waals surface area (Å²) in [5.74, 6) is 0.816. The second kappa shape index (κ2) is 8.78. The molecule has 2 aromatic rings. The lowest BCUT2D eigenvalue weighted by atomic mass is 10.2. The van der Waals surface area contributed by atoms with Gasteiger partial charge in [-0.15, -0.1) is 0 Å². The average Bonchev–Trinajstić information content (AvgIpc) is 2.59. The Morgan fingerprint density at radius 1 is 1.24 bits per heavy atom. The van der Waals surface area contributed by atoms with E-state index in [2.05, 4.69) is 20.6 Å². The minimum absolute atomic E-state index is 0.0955. The minimum atomic E-state index is -0.511. The number of hydrogen-bond acceptors (Lipinski definition) is 8. The van der Waals surface area contributed by atoms with Crippen LogP contribution in [0.15, 0.2) is 24.5 Å². The molecule has 0 amide bonds. The predicted octanol–water partition coefficient (Wildman–Crippen LogP) is 2.89. The van der Waals surface area contributed by atoms with E-state index in [-0.39, 0.29) is 17.3 Å². The highest BCUT2D eigenvalue weighted by molar-refractivity contribution is 5.76. The number of hydrogen-bond donors (Lipinski definition) is 2. The van der Waals surface area contributed by atoms with Crippen molar-refractivity contribution in [2.75, 3.05) is 38.0 Å². The van der Waals surface area contributed by atoms with E-state index in [0.29, 0.717) is 31.0 Å². The number of ether oxygens (including phenoxy) is 2. The van der Waals surface area contributed by atoms with E-state index in [0.717, 1.165) is 5.56 Å². The first-order chi connectivity index (χ1) is 12.1. The van der Waals surface area contributed by atoms with Gasteiger partial charge in [0.15, 0.2) is 0 Å². The number of nitrogens with zero attached hydrogens (tertiary/aromatic N) is 3. The highest BCUT2D eigenvalue weighted by atomic mass is 16.6. The van der Waals surface area contributed by atoms with Gasteiger partial charge in [0.05, 0.1) is 17.7 Å². The Balaban J connectivity index is 2.31. The summed E-state index contributed by atoms with van der Waals surface area (Å²) in [6.45, 7) is 2.97. The third kappa shape index (κ3) is 4.77. The number of methoxy groups -OCH3 is 2. The second-order valence-electron chi connectivity index (χ2n) is 5.28. The number of anilines is 3. The van der Waals surface area contributed by atoms with Gasteiger partial charge in [-0.3, -0.25) is 10.1 Å². The van der Waals surface area contributed by atoms with Crippen LogP contribution in [0, 0.1) is 17.0 Å². The maximum atomic E-state index is 11.5. The quantitative estimate of drug-likeness (QED) is 0.404. The third-order valence-electron chi connectivity index (χ3n) is 3.43. The average molecular weight is 347 g/mol. The Kier molecular flexibility index (Phi) is 6.47. The molecule has 1 heterocycles. The number of rotatable bonds is 9. The number of nitrogens with one attached hydrogen (secondary N) is 2. The Labute approximate surface area is 145 Å². The Bertz CT molecular complexity index is 738. The lowest BCUT2D eigenvalue weighted by Gasteiger charge is -2.13. The zero-order valence-electron chi connectivity index (χ0n) is 14.4. The topological polar surface area (TPSA) is 111 Å². The molecule has 0 saturated heterocycles. The monoisotopic (exact) mass is 347 g/mol. The van der Waals surface area contributed by atoms with Gasteiger partial charge < -0.3 is 20.1 Å². The molecule has 0 aliphatic heterocycles. The molecule has 0 aliphatic carbocycles. The molecule has 0 fully saturated rings. The van der Waals surface area contributed by atoms with Gasteiger partial charge in [-0.1, -0.05) is 6.07 Å². The van der Waals surface area contributed by atoms with Gasteiger partial charge in [-0.05, 0) is 31.0 Å². The lowest BCUT2D eigenvalue weighted by Crippen LogP contribution is -2.10. The van der Waals surface area contributed by atoms with Crippen LogP contribution in [0.25, 0.3) is 0 Å². The summed E-state index contributed by atoms with van der Waals surface area (Å²) in [6.07, 6.45) is 1.97. The summed E-state index contributed by atoms with van der Waals surface area (Å²) >= 11 is 0. The number of aromatic nitrogens is 2. The zero-order chi connectivity index (χ0) is 18.2. The van der Waals surface area contributed by atoms with E-state index < -0.39 is 4.92 Å². The van der Waals surface area contributed by atoms with Crippen molar-refractivity contribution in [3.63, 3.8) is 0 Å². The van der Waals surface area contributed by atoms with Crippen LogP contribution in [0.4, 0.5) is 23.0 Å². The molecule has 9 nitrogen and oxygen atoms in total. The summed E-state index contributed by atoms with van der Waals surface area (Å²) in [5, 5.41) is 17.5. The molecular weight excluding hydrogens is 326 g/mol. The zero-order valence-corrected chi connectivity index (χ0v) is 14.4. The molecule has 0 aliphatic rings. The summed E-state index contributed by atoms with van der Waals surface area (Å²) in [5.41, 5.74) is 1.36. The molecule has 0 radical (unpaired) electrons. The van der Waals surface area contributed by atoms with Crippen LogP contribution in [-0.4, -0.2) is 42.3 Å². The largest absolute Gasteiger partial charge is 0.495 e. The van der Waals surface area contributed by atoms with Crippen molar-refractivity contribution >= 4 is 23.0 Å². The molecule has 25 heavy (non-hydrogen) atoms. The SMILES string of the molecule is COCCCNc1ncnc(Nc2cc(C)ccc2OC)c1[N+](=O)[O-]. The molecule has 2 rings (SSSR count). The van der Waals surface area contributed by atoms with E-state index in [9.17, 15) is 10.1 Å². The summed E-state index contributed by atoms with van der Waals surface area (Å²) in [6, 6.07) is 5.51.